The molecule has 0 spiro atoms. The Bertz CT molecular complexity index is 790. The van der Waals surface area contributed by atoms with Gasteiger partial charge in [0.1, 0.15) is 0 Å². The Kier molecular flexibility index (Phi) is 9.22. The molecule has 10 heteroatoms. The smallest absolute Gasteiger partial charge is 0.387 e. The normalized spacial score (nSPS) is 11.3. The second-order valence-corrected chi connectivity index (χ2v) is 7.28. The molecule has 2 amide bonds. The molecule has 30 heavy (non-hydrogen) atoms. The number of carbonyl (C=O) groups excluding carboxylic acids is 3. The van der Waals surface area contributed by atoms with Crippen LogP contribution in [0.1, 0.15) is 26.3 Å². The van der Waals surface area contributed by atoms with Gasteiger partial charge in [0.25, 0.3) is 5.91 Å². The maximum Gasteiger partial charge on any atom is 0.387 e. The first-order chi connectivity index (χ1) is 13.9. The van der Waals surface area contributed by atoms with Gasteiger partial charge in [-0.2, -0.15) is 8.78 Å². The highest BCUT2D eigenvalue weighted by Crippen LogP contribution is 2.29. The minimum absolute atomic E-state index is 0.0659. The molecule has 0 aliphatic carbocycles. The summed E-state index contributed by atoms with van der Waals surface area (Å²) in [6, 6.07) is 4.11. The number of likely N-dealkylation sites (N-methyl/N-ethyl adjacent to an activating group) is 1. The first kappa shape index (κ1) is 24.9. The van der Waals surface area contributed by atoms with Gasteiger partial charge in [0.05, 0.1) is 13.7 Å². The Morgan fingerprint density at radius 3 is 2.43 bits per heavy atom. The lowest BCUT2D eigenvalue weighted by Crippen LogP contribution is -2.46. The number of carbonyl (C=O) groups is 3. The SMILES string of the molecule is COc1cc(/C=C/C(=O)OCC(=O)N(C)CC(=O)NC(C)(C)C)ccc1OC(F)F. The second kappa shape index (κ2) is 11.1. The van der Waals surface area contributed by atoms with Gasteiger partial charge in [0, 0.05) is 18.7 Å². The fourth-order valence-electron chi connectivity index (χ4n) is 2.20. The van der Waals surface area contributed by atoms with E-state index in [9.17, 15) is 23.2 Å². The number of nitrogens with one attached hydrogen (secondary N) is 1. The number of methoxy groups -OCH3 is 1. The van der Waals surface area contributed by atoms with Crippen molar-refractivity contribution in [3.05, 3.63) is 29.8 Å². The number of esters is 1. The van der Waals surface area contributed by atoms with Crippen LogP contribution in [0.5, 0.6) is 11.5 Å². The number of hydrogen-bond donors (Lipinski definition) is 1. The summed E-state index contributed by atoms with van der Waals surface area (Å²) in [7, 11) is 2.71. The number of ether oxygens (including phenoxy) is 3. The van der Waals surface area contributed by atoms with E-state index in [-0.39, 0.29) is 24.0 Å². The zero-order valence-corrected chi connectivity index (χ0v) is 17.5. The fraction of sp³-hybridized carbons (Fsp3) is 0.450. The molecule has 0 saturated carbocycles. The van der Waals surface area contributed by atoms with Gasteiger partial charge in [0.2, 0.25) is 5.91 Å². The first-order valence-electron chi connectivity index (χ1n) is 8.94. The quantitative estimate of drug-likeness (QED) is 0.479. The van der Waals surface area contributed by atoms with Crippen molar-refractivity contribution in [3.8, 4) is 11.5 Å². The number of alkyl halides is 2. The van der Waals surface area contributed by atoms with Gasteiger partial charge < -0.3 is 24.4 Å². The van der Waals surface area contributed by atoms with Crippen LogP contribution in [0, 0.1) is 0 Å². The molecule has 166 valence electrons. The number of benzene rings is 1. The van der Waals surface area contributed by atoms with E-state index in [0.29, 0.717) is 5.56 Å². The average molecular weight is 428 g/mol. The van der Waals surface area contributed by atoms with Crippen LogP contribution in [0.3, 0.4) is 0 Å². The van der Waals surface area contributed by atoms with E-state index in [1.807, 2.05) is 20.8 Å². The van der Waals surface area contributed by atoms with Crippen LogP contribution in [0.25, 0.3) is 6.08 Å². The number of amides is 2. The van der Waals surface area contributed by atoms with Crippen molar-refractivity contribution in [1.29, 1.82) is 0 Å². The number of nitrogens with zero attached hydrogens (tertiary/aromatic N) is 1. The van der Waals surface area contributed by atoms with Crippen molar-refractivity contribution < 1.29 is 37.4 Å². The summed E-state index contributed by atoms with van der Waals surface area (Å²) in [6.07, 6.45) is 2.43. The molecule has 0 aliphatic heterocycles. The Balaban J connectivity index is 2.56. The van der Waals surface area contributed by atoms with Crippen molar-refractivity contribution in [1.82, 2.24) is 10.2 Å². The zero-order chi connectivity index (χ0) is 22.9. The predicted molar refractivity (Wildman–Crippen MR) is 105 cm³/mol. The highest BCUT2D eigenvalue weighted by atomic mass is 19.3. The molecule has 0 unspecified atom stereocenters. The van der Waals surface area contributed by atoms with E-state index in [1.54, 1.807) is 0 Å². The summed E-state index contributed by atoms with van der Waals surface area (Å²) < 4.78 is 38.8. The van der Waals surface area contributed by atoms with Gasteiger partial charge in [-0.15, -0.1) is 0 Å². The molecule has 0 aliphatic rings. The predicted octanol–water partition coefficient (Wildman–Crippen LogP) is 2.23. The highest BCUT2D eigenvalue weighted by molar-refractivity contribution is 5.90. The molecule has 1 rings (SSSR count). The number of rotatable bonds is 9. The van der Waals surface area contributed by atoms with E-state index in [2.05, 4.69) is 10.1 Å². The maximum absolute atomic E-state index is 12.3. The molecule has 8 nitrogen and oxygen atoms in total. The monoisotopic (exact) mass is 428 g/mol. The Morgan fingerprint density at radius 2 is 1.87 bits per heavy atom. The third-order valence-corrected chi connectivity index (χ3v) is 3.47. The van der Waals surface area contributed by atoms with Crippen molar-refractivity contribution in [2.45, 2.75) is 32.9 Å². The van der Waals surface area contributed by atoms with Gasteiger partial charge in [-0.1, -0.05) is 6.07 Å². The van der Waals surface area contributed by atoms with Crippen LogP contribution in [0.2, 0.25) is 0 Å². The minimum atomic E-state index is -2.99. The first-order valence-corrected chi connectivity index (χ1v) is 8.94. The van der Waals surface area contributed by atoms with Gasteiger partial charge in [-0.3, -0.25) is 9.59 Å². The van der Waals surface area contributed by atoms with Crippen LogP contribution in [-0.4, -0.2) is 62.1 Å². The molecule has 0 atom stereocenters. The second-order valence-electron chi connectivity index (χ2n) is 7.28. The third kappa shape index (κ3) is 9.35. The summed E-state index contributed by atoms with van der Waals surface area (Å²) in [4.78, 5) is 36.8. The average Bonchev–Trinajstić information content (AvgIpc) is 2.62. The van der Waals surface area contributed by atoms with E-state index >= 15 is 0 Å². The molecule has 0 bridgehead atoms. The summed E-state index contributed by atoms with van der Waals surface area (Å²) >= 11 is 0. The maximum atomic E-state index is 12.3. The summed E-state index contributed by atoms with van der Waals surface area (Å²) in [5, 5.41) is 2.72. The van der Waals surface area contributed by atoms with E-state index in [0.717, 1.165) is 11.0 Å². The molecular formula is C20H26F2N2O6. The van der Waals surface area contributed by atoms with E-state index in [1.165, 1.54) is 38.4 Å². The Morgan fingerprint density at radius 1 is 1.20 bits per heavy atom. The van der Waals surface area contributed by atoms with Crippen LogP contribution in [-0.2, 0) is 19.1 Å². The highest BCUT2D eigenvalue weighted by Gasteiger charge is 2.18. The molecule has 0 fully saturated rings. The van der Waals surface area contributed by atoms with Crippen LogP contribution in [0.15, 0.2) is 24.3 Å². The third-order valence-electron chi connectivity index (χ3n) is 3.47. The topological polar surface area (TPSA) is 94.2 Å². The van der Waals surface area contributed by atoms with Crippen LogP contribution in [0.4, 0.5) is 8.78 Å². The number of halogens is 2. The molecule has 1 aromatic carbocycles. The van der Waals surface area contributed by atoms with Crippen molar-refractivity contribution >= 4 is 23.9 Å². The number of hydrogen-bond acceptors (Lipinski definition) is 6. The van der Waals surface area contributed by atoms with Crippen LogP contribution < -0.4 is 14.8 Å². The summed E-state index contributed by atoms with van der Waals surface area (Å²) in [6.45, 7) is 1.75. The van der Waals surface area contributed by atoms with Gasteiger partial charge in [-0.05, 0) is 44.5 Å². The Labute approximate surface area is 173 Å². The molecule has 1 N–H and O–H groups in total. The Hall–Kier alpha value is -3.17. The van der Waals surface area contributed by atoms with Gasteiger partial charge in [0.15, 0.2) is 18.1 Å². The van der Waals surface area contributed by atoms with E-state index < -0.39 is 30.6 Å². The molecule has 0 radical (unpaired) electrons. The fourth-order valence-corrected chi connectivity index (χ4v) is 2.20. The summed E-state index contributed by atoms with van der Waals surface area (Å²) in [5.41, 5.74) is 0.0396. The van der Waals surface area contributed by atoms with Gasteiger partial charge >= 0.3 is 12.6 Å². The standard InChI is InChI=1S/C20H26F2N2O6/c1-20(2,3)23-16(25)11-24(4)17(26)12-29-18(27)9-7-13-6-8-14(30-19(21)22)15(10-13)28-5/h6-10,19H,11-12H2,1-5H3,(H,23,25)/b9-7+. The van der Waals surface area contributed by atoms with Crippen LogP contribution >= 0.6 is 0 Å². The molecule has 1 aromatic rings. The minimum Gasteiger partial charge on any atom is -0.493 e. The van der Waals surface area contributed by atoms with Gasteiger partial charge in [-0.25, -0.2) is 4.79 Å². The van der Waals surface area contributed by atoms with Crippen molar-refractivity contribution in [3.63, 3.8) is 0 Å². The lowest BCUT2D eigenvalue weighted by Gasteiger charge is -2.23. The van der Waals surface area contributed by atoms with Crippen molar-refractivity contribution in [2.75, 3.05) is 27.3 Å². The van der Waals surface area contributed by atoms with E-state index in [4.69, 9.17) is 9.47 Å². The van der Waals surface area contributed by atoms with Crippen molar-refractivity contribution in [2.24, 2.45) is 0 Å². The lowest BCUT2D eigenvalue weighted by atomic mass is 10.1. The molecule has 0 aromatic heterocycles. The summed E-state index contributed by atoms with van der Waals surface area (Å²) in [5.74, 6) is -1.75. The molecule has 0 saturated heterocycles. The lowest BCUT2D eigenvalue weighted by molar-refractivity contribution is -0.148. The molecule has 0 heterocycles. The molecular weight excluding hydrogens is 402 g/mol. The zero-order valence-electron chi connectivity index (χ0n) is 17.5. The largest absolute Gasteiger partial charge is 0.493 e.